The van der Waals surface area contributed by atoms with Crippen LogP contribution in [0.2, 0.25) is 0 Å². The third kappa shape index (κ3) is 4.42. The molecule has 0 bridgehead atoms. The Labute approximate surface area is 172 Å². The van der Waals surface area contributed by atoms with E-state index < -0.39 is 9.84 Å². The van der Waals surface area contributed by atoms with E-state index >= 15 is 0 Å². The number of hydrogen-bond acceptors (Lipinski definition) is 6. The smallest absolute Gasteiger partial charge is 0.336 e. The summed E-state index contributed by atoms with van der Waals surface area (Å²) in [5.74, 6) is 1.03. The second-order valence-corrected chi connectivity index (χ2v) is 11.0. The maximum atomic E-state index is 12.1. The van der Waals surface area contributed by atoms with E-state index in [-0.39, 0.29) is 11.7 Å². The Kier molecular flexibility index (Phi) is 5.57. The van der Waals surface area contributed by atoms with Gasteiger partial charge in [-0.3, -0.25) is 9.80 Å². The zero-order valence-electron chi connectivity index (χ0n) is 17.5. The summed E-state index contributed by atoms with van der Waals surface area (Å²) in [4.78, 5) is 16.8. The summed E-state index contributed by atoms with van der Waals surface area (Å²) in [5, 5.41) is 1.02. The average molecular weight is 419 g/mol. The number of aryl methyl sites for hydroxylation is 1. The third-order valence-corrected chi connectivity index (χ3v) is 8.11. The standard InChI is InChI=1S/C22H30N2O4S/c1-15(2)19-12-20-17(11-22(25)28-21(20)10-16(19)3)13-23-5-7-24(8-6-23)18-4-9-29(26,27)14-18/h10-12,15,18H,4-9,13-14H2,1-3H3/t18-/m1/s1. The predicted octanol–water partition coefficient (Wildman–Crippen LogP) is 2.53. The lowest BCUT2D eigenvalue weighted by molar-refractivity contribution is 0.100. The second-order valence-electron chi connectivity index (χ2n) is 8.82. The molecule has 1 aromatic heterocycles. The van der Waals surface area contributed by atoms with Crippen LogP contribution >= 0.6 is 0 Å². The average Bonchev–Trinajstić information content (AvgIpc) is 3.01. The summed E-state index contributed by atoms with van der Waals surface area (Å²) in [6.45, 7) is 10.6. The van der Waals surface area contributed by atoms with Crippen LogP contribution in [0, 0.1) is 6.92 Å². The fourth-order valence-corrected chi connectivity index (χ4v) is 6.50. The first-order valence-electron chi connectivity index (χ1n) is 10.5. The SMILES string of the molecule is Cc1cc2oc(=O)cc(CN3CCN([C@@H]4CCS(=O)(=O)C4)CC3)c2cc1C(C)C. The van der Waals surface area contributed by atoms with Gasteiger partial charge in [0, 0.05) is 50.2 Å². The molecular weight excluding hydrogens is 388 g/mol. The van der Waals surface area contributed by atoms with E-state index in [1.54, 1.807) is 6.07 Å². The molecule has 0 unspecified atom stereocenters. The Hall–Kier alpha value is -1.70. The van der Waals surface area contributed by atoms with Crippen molar-refractivity contribution in [3.05, 3.63) is 45.3 Å². The van der Waals surface area contributed by atoms with E-state index in [1.807, 2.05) is 6.07 Å². The van der Waals surface area contributed by atoms with Crippen LogP contribution < -0.4 is 5.63 Å². The third-order valence-electron chi connectivity index (χ3n) is 6.36. The van der Waals surface area contributed by atoms with Crippen molar-refractivity contribution < 1.29 is 12.8 Å². The minimum Gasteiger partial charge on any atom is -0.423 e. The first-order valence-corrected chi connectivity index (χ1v) is 12.3. The number of rotatable bonds is 4. The van der Waals surface area contributed by atoms with Gasteiger partial charge in [0.2, 0.25) is 0 Å². The van der Waals surface area contributed by atoms with Gasteiger partial charge < -0.3 is 4.42 Å². The number of hydrogen-bond donors (Lipinski definition) is 0. The van der Waals surface area contributed by atoms with E-state index in [9.17, 15) is 13.2 Å². The zero-order chi connectivity index (χ0) is 20.8. The van der Waals surface area contributed by atoms with Crippen molar-refractivity contribution in [2.75, 3.05) is 37.7 Å². The van der Waals surface area contributed by atoms with Gasteiger partial charge in [-0.05, 0) is 48.1 Å². The Morgan fingerprint density at radius 2 is 1.86 bits per heavy atom. The van der Waals surface area contributed by atoms with Gasteiger partial charge >= 0.3 is 5.63 Å². The van der Waals surface area contributed by atoms with Crippen LogP contribution in [0.4, 0.5) is 0 Å². The molecular formula is C22H30N2O4S. The largest absolute Gasteiger partial charge is 0.423 e. The fourth-order valence-electron chi connectivity index (χ4n) is 4.74. The highest BCUT2D eigenvalue weighted by molar-refractivity contribution is 7.91. The van der Waals surface area contributed by atoms with Gasteiger partial charge in [0.15, 0.2) is 9.84 Å². The molecule has 29 heavy (non-hydrogen) atoms. The minimum atomic E-state index is -2.85. The first kappa shape index (κ1) is 20.6. The van der Waals surface area contributed by atoms with Crippen molar-refractivity contribution in [3.63, 3.8) is 0 Å². The predicted molar refractivity (Wildman–Crippen MR) is 115 cm³/mol. The Balaban J connectivity index is 1.51. The lowest BCUT2D eigenvalue weighted by atomic mass is 9.95. The van der Waals surface area contributed by atoms with Gasteiger partial charge in [-0.2, -0.15) is 0 Å². The molecule has 7 heteroatoms. The van der Waals surface area contributed by atoms with Crippen molar-refractivity contribution in [2.45, 2.75) is 45.7 Å². The van der Waals surface area contributed by atoms with Crippen molar-refractivity contribution in [3.8, 4) is 0 Å². The fraction of sp³-hybridized carbons (Fsp3) is 0.591. The highest BCUT2D eigenvalue weighted by atomic mass is 32.2. The maximum Gasteiger partial charge on any atom is 0.336 e. The summed E-state index contributed by atoms with van der Waals surface area (Å²) < 4.78 is 29.0. The molecule has 0 radical (unpaired) electrons. The number of piperazine rings is 1. The van der Waals surface area contributed by atoms with Gasteiger partial charge in [0.05, 0.1) is 11.5 Å². The highest BCUT2D eigenvalue weighted by Crippen LogP contribution is 2.28. The molecule has 2 aliphatic heterocycles. The lowest BCUT2D eigenvalue weighted by Gasteiger charge is -2.37. The summed E-state index contributed by atoms with van der Waals surface area (Å²) in [6.07, 6.45) is 0.754. The molecule has 1 aromatic carbocycles. The Bertz CT molecular complexity index is 1070. The second kappa shape index (κ2) is 7.85. The molecule has 0 N–H and O–H groups in total. The molecule has 2 fully saturated rings. The normalized spacial score (nSPS) is 23.2. The molecule has 0 amide bonds. The van der Waals surface area contributed by atoms with Crippen LogP contribution in [0.5, 0.6) is 0 Å². The van der Waals surface area contributed by atoms with Crippen LogP contribution in [-0.4, -0.2) is 61.9 Å². The number of nitrogens with zero attached hydrogens (tertiary/aromatic N) is 2. The van der Waals surface area contributed by atoms with Gasteiger partial charge in [-0.15, -0.1) is 0 Å². The molecule has 6 nitrogen and oxygen atoms in total. The molecule has 4 rings (SSSR count). The van der Waals surface area contributed by atoms with Gasteiger partial charge in [-0.25, -0.2) is 13.2 Å². The maximum absolute atomic E-state index is 12.1. The van der Waals surface area contributed by atoms with Gasteiger partial charge in [0.1, 0.15) is 5.58 Å². The summed E-state index contributed by atoms with van der Waals surface area (Å²) in [7, 11) is -2.85. The van der Waals surface area contributed by atoms with Crippen LogP contribution in [0.1, 0.15) is 42.9 Å². The molecule has 158 valence electrons. The molecule has 3 heterocycles. The van der Waals surface area contributed by atoms with Crippen LogP contribution in [-0.2, 0) is 16.4 Å². The number of benzene rings is 1. The topological polar surface area (TPSA) is 70.8 Å². The van der Waals surface area contributed by atoms with Crippen molar-refractivity contribution in [1.29, 1.82) is 0 Å². The monoisotopic (exact) mass is 418 g/mol. The molecule has 0 aliphatic carbocycles. The molecule has 1 atom stereocenters. The van der Waals surface area contributed by atoms with Crippen molar-refractivity contribution in [2.24, 2.45) is 0 Å². The number of sulfone groups is 1. The quantitative estimate of drug-likeness (QED) is 0.711. The van der Waals surface area contributed by atoms with Crippen LogP contribution in [0.25, 0.3) is 11.0 Å². The molecule has 2 saturated heterocycles. The van der Waals surface area contributed by atoms with Crippen LogP contribution in [0.3, 0.4) is 0 Å². The van der Waals surface area contributed by atoms with Crippen LogP contribution in [0.15, 0.2) is 27.4 Å². The van der Waals surface area contributed by atoms with E-state index in [4.69, 9.17) is 4.42 Å². The molecule has 2 aromatic rings. The number of fused-ring (bicyclic) bond motifs is 1. The lowest BCUT2D eigenvalue weighted by Crippen LogP contribution is -2.50. The van der Waals surface area contributed by atoms with Crippen molar-refractivity contribution >= 4 is 20.8 Å². The minimum absolute atomic E-state index is 0.170. The van der Waals surface area contributed by atoms with E-state index in [0.717, 1.165) is 49.1 Å². The van der Waals surface area contributed by atoms with E-state index in [0.29, 0.717) is 29.6 Å². The Morgan fingerprint density at radius 3 is 2.48 bits per heavy atom. The van der Waals surface area contributed by atoms with Crippen molar-refractivity contribution in [1.82, 2.24) is 9.80 Å². The molecule has 0 spiro atoms. The molecule has 0 saturated carbocycles. The van der Waals surface area contributed by atoms with E-state index in [2.05, 4.69) is 36.6 Å². The summed E-state index contributed by atoms with van der Waals surface area (Å²) in [6, 6.07) is 5.95. The highest BCUT2D eigenvalue weighted by Gasteiger charge is 2.33. The van der Waals surface area contributed by atoms with E-state index in [1.165, 1.54) is 5.56 Å². The summed E-state index contributed by atoms with van der Waals surface area (Å²) in [5.41, 5.74) is 3.78. The van der Waals surface area contributed by atoms with Gasteiger partial charge in [0.25, 0.3) is 0 Å². The zero-order valence-corrected chi connectivity index (χ0v) is 18.3. The van der Waals surface area contributed by atoms with Gasteiger partial charge in [-0.1, -0.05) is 13.8 Å². The molecule has 2 aliphatic rings. The first-order chi connectivity index (χ1) is 13.7. The summed E-state index contributed by atoms with van der Waals surface area (Å²) >= 11 is 0. The Morgan fingerprint density at radius 1 is 1.14 bits per heavy atom.